The van der Waals surface area contributed by atoms with Crippen LogP contribution in [0, 0.1) is 6.92 Å². The fraction of sp³-hybridized carbons (Fsp3) is 0.348. The van der Waals surface area contributed by atoms with Crippen LogP contribution < -0.4 is 5.32 Å². The number of likely N-dealkylation sites (N-methyl/N-ethyl adjacent to an activating group) is 1. The molecule has 1 aliphatic rings. The van der Waals surface area contributed by atoms with Crippen LogP contribution in [0.5, 0.6) is 0 Å². The Labute approximate surface area is 185 Å². The first-order chi connectivity index (χ1) is 15.5. The van der Waals surface area contributed by atoms with Crippen LogP contribution in [0.2, 0.25) is 0 Å². The number of pyridine rings is 1. The molecule has 0 aliphatic carbocycles. The monoisotopic (exact) mass is 430 g/mol. The van der Waals surface area contributed by atoms with Crippen molar-refractivity contribution in [2.24, 2.45) is 0 Å². The predicted octanol–water partition coefficient (Wildman–Crippen LogP) is 2.77. The van der Waals surface area contributed by atoms with Crippen LogP contribution in [0.4, 0.5) is 5.82 Å². The number of piperazine rings is 1. The minimum atomic E-state index is -0.100. The number of rotatable bonds is 4. The molecule has 0 saturated carbocycles. The third-order valence-corrected chi connectivity index (χ3v) is 6.10. The third-order valence-electron chi connectivity index (χ3n) is 6.10. The summed E-state index contributed by atoms with van der Waals surface area (Å²) in [6.07, 6.45) is 3.10. The SMILES string of the molecule is Cc1nc([C@H](C)Nc2ncnc3nc[nH]c23)cc2cccc(C(=O)N3CCN(C)CC3)c12. The normalized spacial score (nSPS) is 15.9. The van der Waals surface area contributed by atoms with E-state index in [2.05, 4.69) is 37.2 Å². The number of amides is 1. The fourth-order valence-electron chi connectivity index (χ4n) is 4.27. The minimum absolute atomic E-state index is 0.0788. The van der Waals surface area contributed by atoms with Gasteiger partial charge < -0.3 is 20.1 Å². The number of hydrogen-bond donors (Lipinski definition) is 2. The van der Waals surface area contributed by atoms with E-state index in [4.69, 9.17) is 4.98 Å². The summed E-state index contributed by atoms with van der Waals surface area (Å²) < 4.78 is 0. The molecule has 0 bridgehead atoms. The van der Waals surface area contributed by atoms with Crippen molar-refractivity contribution in [3.05, 3.63) is 53.9 Å². The van der Waals surface area contributed by atoms with E-state index >= 15 is 0 Å². The molecule has 1 amide bonds. The van der Waals surface area contributed by atoms with Gasteiger partial charge in [0.1, 0.15) is 11.8 Å². The lowest BCUT2D eigenvalue weighted by Crippen LogP contribution is -2.47. The number of nitrogens with one attached hydrogen (secondary N) is 2. The number of hydrogen-bond acceptors (Lipinski definition) is 7. The molecule has 3 aromatic heterocycles. The number of aryl methyl sites for hydroxylation is 1. The number of H-pyrrole nitrogens is 1. The topological polar surface area (TPSA) is 103 Å². The van der Waals surface area contributed by atoms with Crippen LogP contribution in [0.1, 0.15) is 34.7 Å². The van der Waals surface area contributed by atoms with Gasteiger partial charge in [0.05, 0.1) is 18.1 Å². The second kappa shape index (κ2) is 8.16. The highest BCUT2D eigenvalue weighted by Gasteiger charge is 2.23. The van der Waals surface area contributed by atoms with Crippen molar-refractivity contribution >= 4 is 33.7 Å². The van der Waals surface area contributed by atoms with Crippen LogP contribution in [-0.2, 0) is 0 Å². The molecule has 0 radical (unpaired) electrons. The van der Waals surface area contributed by atoms with Gasteiger partial charge in [-0.05, 0) is 38.4 Å². The van der Waals surface area contributed by atoms with E-state index in [9.17, 15) is 4.79 Å². The number of benzene rings is 1. The molecule has 0 unspecified atom stereocenters. The van der Waals surface area contributed by atoms with Crippen LogP contribution in [0.3, 0.4) is 0 Å². The molecule has 32 heavy (non-hydrogen) atoms. The average molecular weight is 431 g/mol. The average Bonchev–Trinajstić information content (AvgIpc) is 3.28. The second-order valence-corrected chi connectivity index (χ2v) is 8.32. The molecular formula is C23H26N8O. The highest BCUT2D eigenvalue weighted by molar-refractivity contribution is 6.08. The summed E-state index contributed by atoms with van der Waals surface area (Å²) in [5, 5.41) is 5.34. The standard InChI is InChI=1S/C23H26N8O/c1-14(29-22-20-21(25-12-24-20)26-13-27-22)18-11-16-5-4-6-17(19(16)15(2)28-18)23(32)31-9-7-30(3)8-10-31/h4-6,11-14H,7-10H2,1-3H3,(H2,24,25,26,27,29)/t14-/m0/s1. The Morgan fingerprint density at radius 1 is 1.16 bits per heavy atom. The van der Waals surface area contributed by atoms with Gasteiger partial charge in [-0.3, -0.25) is 9.78 Å². The van der Waals surface area contributed by atoms with Crippen molar-refractivity contribution in [1.29, 1.82) is 0 Å². The van der Waals surface area contributed by atoms with E-state index in [1.54, 1.807) is 6.33 Å². The van der Waals surface area contributed by atoms with E-state index < -0.39 is 0 Å². The lowest BCUT2D eigenvalue weighted by atomic mass is 10.00. The molecule has 1 aromatic carbocycles. The summed E-state index contributed by atoms with van der Waals surface area (Å²) in [5.41, 5.74) is 3.82. The number of imidazole rings is 1. The Morgan fingerprint density at radius 3 is 2.78 bits per heavy atom. The Kier molecular flexibility index (Phi) is 5.18. The van der Waals surface area contributed by atoms with Gasteiger partial charge in [-0.25, -0.2) is 15.0 Å². The smallest absolute Gasteiger partial charge is 0.254 e. The quantitative estimate of drug-likeness (QED) is 0.513. The lowest BCUT2D eigenvalue weighted by Gasteiger charge is -2.32. The van der Waals surface area contributed by atoms with Crippen LogP contribution >= 0.6 is 0 Å². The maximum atomic E-state index is 13.3. The summed E-state index contributed by atoms with van der Waals surface area (Å²) in [5.74, 6) is 0.758. The van der Waals surface area contributed by atoms with Gasteiger partial charge >= 0.3 is 0 Å². The summed E-state index contributed by atoms with van der Waals surface area (Å²) in [6.45, 7) is 7.30. The lowest BCUT2D eigenvalue weighted by molar-refractivity contribution is 0.0666. The van der Waals surface area contributed by atoms with Crippen molar-refractivity contribution in [2.75, 3.05) is 38.5 Å². The zero-order chi connectivity index (χ0) is 22.2. The number of nitrogens with zero attached hydrogens (tertiary/aromatic N) is 6. The molecule has 1 aliphatic heterocycles. The Morgan fingerprint density at radius 2 is 1.97 bits per heavy atom. The van der Waals surface area contributed by atoms with E-state index in [0.717, 1.165) is 59.4 Å². The molecule has 164 valence electrons. The number of fused-ring (bicyclic) bond motifs is 2. The van der Waals surface area contributed by atoms with Gasteiger partial charge in [0, 0.05) is 42.8 Å². The summed E-state index contributed by atoms with van der Waals surface area (Å²) in [6, 6.07) is 7.85. The van der Waals surface area contributed by atoms with Crippen molar-refractivity contribution in [3.8, 4) is 0 Å². The number of carbonyl (C=O) groups is 1. The van der Waals surface area contributed by atoms with E-state index in [1.807, 2.05) is 43.0 Å². The molecule has 4 heterocycles. The van der Waals surface area contributed by atoms with Crippen molar-refractivity contribution < 1.29 is 4.79 Å². The number of aromatic nitrogens is 5. The molecule has 9 nitrogen and oxygen atoms in total. The first-order valence-electron chi connectivity index (χ1n) is 10.8. The first-order valence-corrected chi connectivity index (χ1v) is 10.8. The predicted molar refractivity (Wildman–Crippen MR) is 124 cm³/mol. The Hall–Kier alpha value is -3.59. The zero-order valence-corrected chi connectivity index (χ0v) is 18.5. The maximum absolute atomic E-state index is 13.3. The minimum Gasteiger partial charge on any atom is -0.360 e. The number of anilines is 1. The number of carbonyl (C=O) groups excluding carboxylic acids is 1. The molecular weight excluding hydrogens is 404 g/mol. The van der Waals surface area contributed by atoms with Gasteiger partial charge in [-0.2, -0.15) is 0 Å². The van der Waals surface area contributed by atoms with Crippen LogP contribution in [-0.4, -0.2) is 73.9 Å². The first kappa shape index (κ1) is 20.3. The van der Waals surface area contributed by atoms with Gasteiger partial charge in [0.15, 0.2) is 11.5 Å². The van der Waals surface area contributed by atoms with Gasteiger partial charge in [-0.15, -0.1) is 0 Å². The zero-order valence-electron chi connectivity index (χ0n) is 18.5. The third kappa shape index (κ3) is 3.64. The molecule has 0 spiro atoms. The molecule has 1 fully saturated rings. The van der Waals surface area contributed by atoms with E-state index in [0.29, 0.717) is 11.5 Å². The second-order valence-electron chi connectivity index (χ2n) is 8.32. The van der Waals surface area contributed by atoms with Crippen molar-refractivity contribution in [3.63, 3.8) is 0 Å². The largest absolute Gasteiger partial charge is 0.360 e. The molecule has 4 aromatic rings. The van der Waals surface area contributed by atoms with Crippen LogP contribution in [0.15, 0.2) is 36.9 Å². The molecule has 5 rings (SSSR count). The van der Waals surface area contributed by atoms with Gasteiger partial charge in [0.25, 0.3) is 5.91 Å². The molecule has 2 N–H and O–H groups in total. The summed E-state index contributed by atoms with van der Waals surface area (Å²) in [4.78, 5) is 38.1. The van der Waals surface area contributed by atoms with E-state index in [1.165, 1.54) is 6.33 Å². The van der Waals surface area contributed by atoms with Crippen molar-refractivity contribution in [1.82, 2.24) is 34.7 Å². The fourth-order valence-corrected chi connectivity index (χ4v) is 4.27. The molecule has 1 atom stereocenters. The highest BCUT2D eigenvalue weighted by Crippen LogP contribution is 2.28. The number of aromatic amines is 1. The van der Waals surface area contributed by atoms with E-state index in [-0.39, 0.29) is 11.9 Å². The summed E-state index contributed by atoms with van der Waals surface area (Å²) >= 11 is 0. The van der Waals surface area contributed by atoms with Crippen LogP contribution in [0.25, 0.3) is 21.9 Å². The Balaban J connectivity index is 1.46. The molecule has 1 saturated heterocycles. The highest BCUT2D eigenvalue weighted by atomic mass is 16.2. The Bertz CT molecular complexity index is 1290. The summed E-state index contributed by atoms with van der Waals surface area (Å²) in [7, 11) is 2.09. The molecule has 9 heteroatoms. The maximum Gasteiger partial charge on any atom is 0.254 e. The van der Waals surface area contributed by atoms with Crippen molar-refractivity contribution in [2.45, 2.75) is 19.9 Å². The van der Waals surface area contributed by atoms with Gasteiger partial charge in [-0.1, -0.05) is 12.1 Å². The van der Waals surface area contributed by atoms with Gasteiger partial charge in [0.2, 0.25) is 0 Å².